The van der Waals surface area contributed by atoms with Gasteiger partial charge >= 0.3 is 15.6 Å². The fourth-order valence-corrected chi connectivity index (χ4v) is 1.66. The molecule has 0 amide bonds. The van der Waals surface area contributed by atoms with Crippen molar-refractivity contribution in [2.24, 2.45) is 5.92 Å². The Bertz CT molecular complexity index is 285. The van der Waals surface area contributed by atoms with Crippen LogP contribution in [0.25, 0.3) is 0 Å². The Hall–Kier alpha value is -0.300. The Balaban J connectivity index is 4.21. The molecule has 0 rings (SSSR count). The van der Waals surface area contributed by atoms with E-state index in [1.807, 2.05) is 6.92 Å². The summed E-state index contributed by atoms with van der Waals surface area (Å²) < 4.78 is 61.0. The van der Waals surface area contributed by atoms with Gasteiger partial charge in [-0.25, -0.2) is 0 Å². The van der Waals surface area contributed by atoms with Crippen molar-refractivity contribution in [3.05, 3.63) is 0 Å². The van der Waals surface area contributed by atoms with Gasteiger partial charge in [-0.05, 0) is 12.3 Å². The Morgan fingerprint density at radius 2 is 1.81 bits per heavy atom. The summed E-state index contributed by atoms with van der Waals surface area (Å²) in [4.78, 5) is 0. The van der Waals surface area contributed by atoms with Gasteiger partial charge in [-0.3, -0.25) is 4.18 Å². The van der Waals surface area contributed by atoms with Crippen LogP contribution in [-0.4, -0.2) is 20.5 Å². The summed E-state index contributed by atoms with van der Waals surface area (Å²) in [6, 6.07) is 0. The Labute approximate surface area is 94.1 Å². The SMILES string of the molecule is CCCCC(CC)COS(=O)(=O)C(F)(F)F. The fourth-order valence-electron chi connectivity index (χ4n) is 1.15. The van der Waals surface area contributed by atoms with Crippen molar-refractivity contribution < 1.29 is 25.8 Å². The van der Waals surface area contributed by atoms with E-state index in [-0.39, 0.29) is 5.92 Å². The van der Waals surface area contributed by atoms with Gasteiger partial charge in [-0.1, -0.05) is 33.1 Å². The van der Waals surface area contributed by atoms with Crippen molar-refractivity contribution in [3.8, 4) is 0 Å². The Morgan fingerprint density at radius 3 is 2.19 bits per heavy atom. The van der Waals surface area contributed by atoms with Crippen LogP contribution in [0.1, 0.15) is 39.5 Å². The second-order valence-corrected chi connectivity index (χ2v) is 5.21. The second-order valence-electron chi connectivity index (χ2n) is 3.60. The van der Waals surface area contributed by atoms with Gasteiger partial charge in [-0.2, -0.15) is 21.6 Å². The number of hydrogen-bond acceptors (Lipinski definition) is 3. The molecule has 98 valence electrons. The van der Waals surface area contributed by atoms with Gasteiger partial charge < -0.3 is 0 Å². The van der Waals surface area contributed by atoms with E-state index in [1.165, 1.54) is 0 Å². The maximum absolute atomic E-state index is 11.9. The van der Waals surface area contributed by atoms with E-state index in [0.29, 0.717) is 12.8 Å². The number of halogens is 3. The molecule has 0 heterocycles. The van der Waals surface area contributed by atoms with Crippen molar-refractivity contribution >= 4 is 10.1 Å². The van der Waals surface area contributed by atoms with Crippen molar-refractivity contribution in [2.75, 3.05) is 6.61 Å². The molecule has 0 saturated carbocycles. The molecule has 0 fully saturated rings. The average molecular weight is 262 g/mol. The van der Waals surface area contributed by atoms with Crippen molar-refractivity contribution in [1.82, 2.24) is 0 Å². The lowest BCUT2D eigenvalue weighted by Crippen LogP contribution is -2.27. The predicted molar refractivity (Wildman–Crippen MR) is 54.2 cm³/mol. The minimum Gasteiger partial charge on any atom is -0.263 e. The van der Waals surface area contributed by atoms with Crippen LogP contribution in [0, 0.1) is 5.92 Å². The summed E-state index contributed by atoms with van der Waals surface area (Å²) in [6.07, 6.45) is 3.06. The molecular weight excluding hydrogens is 245 g/mol. The highest BCUT2D eigenvalue weighted by molar-refractivity contribution is 7.87. The molecule has 0 saturated heterocycles. The van der Waals surface area contributed by atoms with Crippen molar-refractivity contribution in [3.63, 3.8) is 0 Å². The standard InChI is InChI=1S/C9H17F3O3S/c1-3-5-6-8(4-2)7-15-16(13,14)9(10,11)12/h8H,3-7H2,1-2H3. The zero-order valence-corrected chi connectivity index (χ0v) is 10.2. The van der Waals surface area contributed by atoms with Gasteiger partial charge in [0.2, 0.25) is 0 Å². The van der Waals surface area contributed by atoms with Crippen LogP contribution in [0.4, 0.5) is 13.2 Å². The normalized spacial score (nSPS) is 15.1. The molecule has 0 aromatic rings. The van der Waals surface area contributed by atoms with Gasteiger partial charge in [0.05, 0.1) is 6.61 Å². The van der Waals surface area contributed by atoms with E-state index in [1.54, 1.807) is 6.92 Å². The zero-order valence-electron chi connectivity index (χ0n) is 9.38. The lowest BCUT2D eigenvalue weighted by molar-refractivity contribution is -0.0551. The molecule has 16 heavy (non-hydrogen) atoms. The van der Waals surface area contributed by atoms with Gasteiger partial charge in [0.25, 0.3) is 0 Å². The van der Waals surface area contributed by atoms with E-state index in [0.717, 1.165) is 12.8 Å². The van der Waals surface area contributed by atoms with Gasteiger partial charge in [0.15, 0.2) is 0 Å². The molecule has 1 unspecified atom stereocenters. The molecular formula is C9H17F3O3S. The van der Waals surface area contributed by atoms with Crippen molar-refractivity contribution in [2.45, 2.75) is 45.0 Å². The molecule has 0 aromatic carbocycles. The first-order valence-electron chi connectivity index (χ1n) is 5.20. The van der Waals surface area contributed by atoms with Crippen LogP contribution in [0.2, 0.25) is 0 Å². The van der Waals surface area contributed by atoms with Gasteiger partial charge in [0.1, 0.15) is 0 Å². The molecule has 0 N–H and O–H groups in total. The molecule has 0 radical (unpaired) electrons. The van der Waals surface area contributed by atoms with E-state index >= 15 is 0 Å². The van der Waals surface area contributed by atoms with E-state index in [9.17, 15) is 21.6 Å². The maximum Gasteiger partial charge on any atom is 0.523 e. The fraction of sp³-hybridized carbons (Fsp3) is 1.00. The molecule has 1 atom stereocenters. The topological polar surface area (TPSA) is 43.4 Å². The minimum absolute atomic E-state index is 0.142. The largest absolute Gasteiger partial charge is 0.523 e. The van der Waals surface area contributed by atoms with Crippen LogP contribution < -0.4 is 0 Å². The highest BCUT2D eigenvalue weighted by Gasteiger charge is 2.47. The molecule has 0 spiro atoms. The quantitative estimate of drug-likeness (QED) is 0.523. The highest BCUT2D eigenvalue weighted by Crippen LogP contribution is 2.26. The predicted octanol–water partition coefficient (Wildman–Crippen LogP) is 3.07. The molecule has 0 aromatic heterocycles. The van der Waals surface area contributed by atoms with Crippen LogP contribution in [0.15, 0.2) is 0 Å². The highest BCUT2D eigenvalue weighted by atomic mass is 32.2. The van der Waals surface area contributed by atoms with Crippen molar-refractivity contribution in [1.29, 1.82) is 0 Å². The summed E-state index contributed by atoms with van der Waals surface area (Å²) in [5.41, 5.74) is -5.32. The third kappa shape index (κ3) is 5.16. The first-order chi connectivity index (χ1) is 7.24. The van der Waals surface area contributed by atoms with Crippen LogP contribution in [0.5, 0.6) is 0 Å². The molecule has 0 bridgehead atoms. The third-order valence-electron chi connectivity index (χ3n) is 2.29. The molecule has 0 aliphatic rings. The number of rotatable bonds is 7. The molecule has 0 aliphatic carbocycles. The molecule has 7 heteroatoms. The summed E-state index contributed by atoms with van der Waals surface area (Å²) in [5.74, 6) is -0.142. The monoisotopic (exact) mass is 262 g/mol. The maximum atomic E-state index is 11.9. The first kappa shape index (κ1) is 15.7. The van der Waals surface area contributed by atoms with E-state index < -0.39 is 22.2 Å². The number of alkyl halides is 3. The first-order valence-corrected chi connectivity index (χ1v) is 6.61. The summed E-state index contributed by atoms with van der Waals surface area (Å²) in [7, 11) is -5.43. The average Bonchev–Trinajstić information content (AvgIpc) is 2.16. The summed E-state index contributed by atoms with van der Waals surface area (Å²) in [6.45, 7) is 3.36. The lowest BCUT2D eigenvalue weighted by atomic mass is 10.0. The van der Waals surface area contributed by atoms with Crippen LogP contribution >= 0.6 is 0 Å². The third-order valence-corrected chi connectivity index (χ3v) is 3.30. The van der Waals surface area contributed by atoms with Crippen LogP contribution in [-0.2, 0) is 14.3 Å². The van der Waals surface area contributed by atoms with Gasteiger partial charge in [0, 0.05) is 0 Å². The summed E-state index contributed by atoms with van der Waals surface area (Å²) >= 11 is 0. The molecule has 0 aliphatic heterocycles. The zero-order chi connectivity index (χ0) is 12.8. The Morgan fingerprint density at radius 1 is 1.25 bits per heavy atom. The number of hydrogen-bond donors (Lipinski definition) is 0. The molecule has 3 nitrogen and oxygen atoms in total. The van der Waals surface area contributed by atoms with E-state index in [4.69, 9.17) is 0 Å². The lowest BCUT2D eigenvalue weighted by Gasteiger charge is -2.15. The minimum atomic E-state index is -5.43. The summed E-state index contributed by atoms with van der Waals surface area (Å²) in [5, 5.41) is 0. The van der Waals surface area contributed by atoms with Gasteiger partial charge in [-0.15, -0.1) is 0 Å². The number of unbranched alkanes of at least 4 members (excludes halogenated alkanes) is 1. The van der Waals surface area contributed by atoms with Crippen LogP contribution in [0.3, 0.4) is 0 Å². The smallest absolute Gasteiger partial charge is 0.263 e. The van der Waals surface area contributed by atoms with E-state index in [2.05, 4.69) is 4.18 Å². The Kier molecular flexibility index (Phi) is 6.32. The second kappa shape index (κ2) is 6.44.